The van der Waals surface area contributed by atoms with E-state index >= 15 is 0 Å². The third kappa shape index (κ3) is 7.73. The van der Waals surface area contributed by atoms with E-state index in [4.69, 9.17) is 9.84 Å². The highest BCUT2D eigenvalue weighted by molar-refractivity contribution is 5.66. The molecule has 0 unspecified atom stereocenters. The molecule has 152 valence electrons. The summed E-state index contributed by atoms with van der Waals surface area (Å²) in [6.45, 7) is 9.15. The number of carbonyl (C=O) groups is 1. The van der Waals surface area contributed by atoms with Gasteiger partial charge >= 0.3 is 5.97 Å². The largest absolute Gasteiger partial charge is 0.493 e. The smallest absolute Gasteiger partial charge is 0.304 e. The Kier molecular flexibility index (Phi) is 9.02. The molecule has 4 heteroatoms. The van der Waals surface area contributed by atoms with E-state index in [0.29, 0.717) is 19.0 Å². The molecule has 0 aromatic heterocycles. The molecule has 0 aliphatic carbocycles. The Hall–Kier alpha value is -2.33. The summed E-state index contributed by atoms with van der Waals surface area (Å²) < 4.78 is 5.99. The molecule has 0 bridgehead atoms. The van der Waals surface area contributed by atoms with E-state index in [1.54, 1.807) is 0 Å². The predicted octanol–water partition coefficient (Wildman–Crippen LogP) is 5.29. The summed E-state index contributed by atoms with van der Waals surface area (Å²) in [6, 6.07) is 16.5. The Bertz CT molecular complexity index is 740. The van der Waals surface area contributed by atoms with Gasteiger partial charge in [0, 0.05) is 19.6 Å². The number of rotatable bonds is 12. The van der Waals surface area contributed by atoms with Crippen LogP contribution < -0.4 is 4.74 Å². The molecular formula is C24H33NO3. The highest BCUT2D eigenvalue weighted by Gasteiger charge is 2.11. The van der Waals surface area contributed by atoms with E-state index in [9.17, 15) is 4.79 Å². The van der Waals surface area contributed by atoms with Crippen LogP contribution in [0.1, 0.15) is 49.8 Å². The third-order valence-corrected chi connectivity index (χ3v) is 5.08. The van der Waals surface area contributed by atoms with Crippen molar-refractivity contribution in [3.8, 4) is 5.75 Å². The lowest BCUT2D eigenvalue weighted by molar-refractivity contribution is -0.137. The summed E-state index contributed by atoms with van der Waals surface area (Å²) >= 11 is 0. The molecule has 0 aliphatic rings. The summed E-state index contributed by atoms with van der Waals surface area (Å²) in [5, 5.41) is 9.10. The van der Waals surface area contributed by atoms with Gasteiger partial charge in [0.05, 0.1) is 13.0 Å². The van der Waals surface area contributed by atoms with Crippen LogP contribution in [0.2, 0.25) is 0 Å². The predicted molar refractivity (Wildman–Crippen MR) is 114 cm³/mol. The van der Waals surface area contributed by atoms with Crippen LogP contribution in [0.3, 0.4) is 0 Å². The van der Waals surface area contributed by atoms with Crippen molar-refractivity contribution < 1.29 is 14.6 Å². The number of carboxylic acid groups (broad SMARTS) is 1. The van der Waals surface area contributed by atoms with Gasteiger partial charge in [-0.2, -0.15) is 0 Å². The lowest BCUT2D eigenvalue weighted by atomic mass is 10.1. The zero-order valence-electron chi connectivity index (χ0n) is 17.4. The Balaban J connectivity index is 2.05. The number of aliphatic carboxylic acids is 1. The molecule has 0 radical (unpaired) electrons. The van der Waals surface area contributed by atoms with Gasteiger partial charge in [0.1, 0.15) is 5.75 Å². The average molecular weight is 384 g/mol. The molecule has 0 spiro atoms. The van der Waals surface area contributed by atoms with Crippen molar-refractivity contribution in [1.82, 2.24) is 4.90 Å². The molecule has 0 amide bonds. The van der Waals surface area contributed by atoms with Crippen LogP contribution in [0.4, 0.5) is 0 Å². The first kappa shape index (κ1) is 22.0. The number of aryl methyl sites for hydroxylation is 1. The fourth-order valence-corrected chi connectivity index (χ4v) is 3.27. The minimum absolute atomic E-state index is 0.136. The van der Waals surface area contributed by atoms with Crippen LogP contribution in [-0.4, -0.2) is 29.1 Å². The van der Waals surface area contributed by atoms with Gasteiger partial charge in [0.2, 0.25) is 0 Å². The van der Waals surface area contributed by atoms with E-state index in [1.165, 1.54) is 11.1 Å². The number of hydrogen-bond acceptors (Lipinski definition) is 3. The maximum Gasteiger partial charge on any atom is 0.304 e. The second kappa shape index (κ2) is 11.5. The zero-order valence-corrected chi connectivity index (χ0v) is 17.4. The van der Waals surface area contributed by atoms with Crippen LogP contribution in [-0.2, 0) is 17.9 Å². The first-order valence-corrected chi connectivity index (χ1v) is 10.2. The molecule has 2 rings (SSSR count). The molecule has 0 fully saturated rings. The lowest BCUT2D eigenvalue weighted by Gasteiger charge is -2.22. The van der Waals surface area contributed by atoms with Crippen LogP contribution in [0.15, 0.2) is 48.5 Å². The van der Waals surface area contributed by atoms with E-state index in [0.717, 1.165) is 37.3 Å². The summed E-state index contributed by atoms with van der Waals surface area (Å²) in [6.07, 6.45) is 2.38. The molecule has 28 heavy (non-hydrogen) atoms. The summed E-state index contributed by atoms with van der Waals surface area (Å²) in [5.41, 5.74) is 3.55. The van der Waals surface area contributed by atoms with Crippen molar-refractivity contribution in [2.45, 2.75) is 53.1 Å². The minimum atomic E-state index is -0.767. The monoisotopic (exact) mass is 383 g/mol. The normalized spacial score (nSPS) is 11.2. The highest BCUT2D eigenvalue weighted by Crippen LogP contribution is 2.19. The summed E-state index contributed by atoms with van der Waals surface area (Å²) in [4.78, 5) is 13.3. The van der Waals surface area contributed by atoms with Crippen LogP contribution >= 0.6 is 0 Å². The minimum Gasteiger partial charge on any atom is -0.493 e. The van der Waals surface area contributed by atoms with E-state index < -0.39 is 5.97 Å². The van der Waals surface area contributed by atoms with Crippen molar-refractivity contribution in [3.63, 3.8) is 0 Å². The molecule has 1 N–H and O–H groups in total. The second-order valence-corrected chi connectivity index (χ2v) is 7.48. The van der Waals surface area contributed by atoms with E-state index in [1.807, 2.05) is 18.2 Å². The van der Waals surface area contributed by atoms with Crippen molar-refractivity contribution >= 4 is 5.97 Å². The number of benzene rings is 2. The Labute approximate surface area is 169 Å². The zero-order chi connectivity index (χ0) is 20.4. The standard InChI is InChI=1S/C24H33NO3/c1-4-20(5-2)18-28-23-11-7-10-22(15-23)17-25(13-12-24(26)27)16-21-9-6-8-19(3)14-21/h6-11,14-15,20H,4-5,12-13,16-18H2,1-3H3,(H,26,27). The SMILES string of the molecule is CCC(CC)COc1cccc(CN(CCC(=O)O)Cc2cccc(C)c2)c1. The van der Waals surface area contributed by atoms with Crippen molar-refractivity contribution in [2.24, 2.45) is 5.92 Å². The van der Waals surface area contributed by atoms with Gasteiger partial charge in [-0.1, -0.05) is 68.7 Å². The maximum absolute atomic E-state index is 11.1. The average Bonchev–Trinajstić information content (AvgIpc) is 2.67. The Morgan fingerprint density at radius 3 is 2.29 bits per heavy atom. The lowest BCUT2D eigenvalue weighted by Crippen LogP contribution is -2.25. The van der Waals surface area contributed by atoms with E-state index in [-0.39, 0.29) is 6.42 Å². The van der Waals surface area contributed by atoms with Crippen LogP contribution in [0.5, 0.6) is 5.75 Å². The van der Waals surface area contributed by atoms with Crippen molar-refractivity contribution in [3.05, 3.63) is 65.2 Å². The number of carboxylic acids is 1. The maximum atomic E-state index is 11.1. The summed E-state index contributed by atoms with van der Waals surface area (Å²) in [5.74, 6) is 0.701. The third-order valence-electron chi connectivity index (χ3n) is 5.08. The molecule has 0 saturated carbocycles. The fourth-order valence-electron chi connectivity index (χ4n) is 3.27. The van der Waals surface area contributed by atoms with Crippen LogP contribution in [0, 0.1) is 12.8 Å². The molecule has 2 aromatic carbocycles. The molecule has 2 aromatic rings. The summed E-state index contributed by atoms with van der Waals surface area (Å²) in [7, 11) is 0. The number of nitrogens with zero attached hydrogens (tertiary/aromatic N) is 1. The van der Waals surface area contributed by atoms with Crippen LogP contribution in [0.25, 0.3) is 0 Å². The van der Waals surface area contributed by atoms with E-state index in [2.05, 4.69) is 56.0 Å². The Morgan fingerprint density at radius 2 is 1.68 bits per heavy atom. The molecule has 0 heterocycles. The van der Waals surface area contributed by atoms with Gasteiger partial charge in [-0.25, -0.2) is 0 Å². The molecule has 0 saturated heterocycles. The number of hydrogen-bond donors (Lipinski definition) is 1. The van der Waals surface area contributed by atoms with Gasteiger partial charge in [0.15, 0.2) is 0 Å². The second-order valence-electron chi connectivity index (χ2n) is 7.48. The van der Waals surface area contributed by atoms with Gasteiger partial charge in [-0.3, -0.25) is 9.69 Å². The quantitative estimate of drug-likeness (QED) is 0.541. The molecule has 4 nitrogen and oxygen atoms in total. The topological polar surface area (TPSA) is 49.8 Å². The Morgan fingerprint density at radius 1 is 1.04 bits per heavy atom. The van der Waals surface area contributed by atoms with Gasteiger partial charge < -0.3 is 9.84 Å². The molecular weight excluding hydrogens is 350 g/mol. The van der Waals surface area contributed by atoms with Crippen molar-refractivity contribution in [2.75, 3.05) is 13.2 Å². The first-order chi connectivity index (χ1) is 13.5. The van der Waals surface area contributed by atoms with Gasteiger partial charge in [0.25, 0.3) is 0 Å². The van der Waals surface area contributed by atoms with Gasteiger partial charge in [-0.05, 0) is 36.1 Å². The molecule has 0 aliphatic heterocycles. The highest BCUT2D eigenvalue weighted by atomic mass is 16.5. The van der Waals surface area contributed by atoms with Crippen molar-refractivity contribution in [1.29, 1.82) is 0 Å². The van der Waals surface area contributed by atoms with Gasteiger partial charge in [-0.15, -0.1) is 0 Å². The number of ether oxygens (including phenoxy) is 1. The molecule has 0 atom stereocenters. The fraction of sp³-hybridized carbons (Fsp3) is 0.458. The first-order valence-electron chi connectivity index (χ1n) is 10.2.